The average Bonchev–Trinajstić information content (AvgIpc) is 3.27. The molecule has 0 bridgehead atoms. The van der Waals surface area contributed by atoms with Crippen LogP contribution in [0.4, 0.5) is 0 Å². The number of amides is 1. The number of nitrogens with zero attached hydrogens (tertiary/aromatic N) is 2. The molecule has 1 amide bonds. The second-order valence-electron chi connectivity index (χ2n) is 6.23. The van der Waals surface area contributed by atoms with E-state index in [1.165, 1.54) is 0 Å². The number of halogens is 1. The van der Waals surface area contributed by atoms with Gasteiger partial charge in [-0.3, -0.25) is 9.48 Å². The predicted molar refractivity (Wildman–Crippen MR) is 106 cm³/mol. The van der Waals surface area contributed by atoms with E-state index in [2.05, 4.69) is 26.3 Å². The number of furan rings is 1. The third kappa shape index (κ3) is 4.80. The van der Waals surface area contributed by atoms with Gasteiger partial charge in [-0.1, -0.05) is 15.9 Å². The molecule has 1 N–H and O–H groups in total. The first-order chi connectivity index (χ1) is 13.0. The number of hydrogen-bond donors (Lipinski definition) is 1. The third-order valence-electron chi connectivity index (χ3n) is 4.20. The van der Waals surface area contributed by atoms with Crippen LogP contribution in [0.2, 0.25) is 0 Å². The summed E-state index contributed by atoms with van der Waals surface area (Å²) in [4.78, 5) is 12.5. The Balaban J connectivity index is 1.59. The zero-order valence-corrected chi connectivity index (χ0v) is 17.1. The van der Waals surface area contributed by atoms with E-state index in [9.17, 15) is 4.79 Å². The molecule has 142 valence electrons. The van der Waals surface area contributed by atoms with Crippen LogP contribution in [0, 0.1) is 6.92 Å². The topological polar surface area (TPSA) is 69.3 Å². The molecule has 2 aromatic heterocycles. The Kier molecular flexibility index (Phi) is 6.01. The number of ether oxygens (including phenoxy) is 1. The van der Waals surface area contributed by atoms with Gasteiger partial charge < -0.3 is 14.5 Å². The summed E-state index contributed by atoms with van der Waals surface area (Å²) in [5.74, 6) is 1.32. The van der Waals surface area contributed by atoms with Crippen molar-refractivity contribution in [2.45, 2.75) is 40.0 Å². The second-order valence-corrected chi connectivity index (χ2v) is 7.14. The molecule has 1 unspecified atom stereocenters. The third-order valence-corrected chi connectivity index (χ3v) is 4.73. The zero-order chi connectivity index (χ0) is 19.4. The number of carbonyl (C=O) groups excluding carboxylic acids is 1. The van der Waals surface area contributed by atoms with Crippen LogP contribution in [0.1, 0.15) is 47.5 Å². The first-order valence-electron chi connectivity index (χ1n) is 8.78. The highest BCUT2D eigenvalue weighted by atomic mass is 79.9. The first kappa shape index (κ1) is 19.2. The summed E-state index contributed by atoms with van der Waals surface area (Å²) in [6.07, 6.45) is 1.96. The van der Waals surface area contributed by atoms with Gasteiger partial charge in [0, 0.05) is 22.8 Å². The van der Waals surface area contributed by atoms with Crippen LogP contribution in [0.3, 0.4) is 0 Å². The maximum atomic E-state index is 12.5. The number of benzene rings is 1. The van der Waals surface area contributed by atoms with Gasteiger partial charge in [0.2, 0.25) is 0 Å². The van der Waals surface area contributed by atoms with Crippen LogP contribution in [-0.2, 0) is 13.2 Å². The maximum Gasteiger partial charge on any atom is 0.287 e. The van der Waals surface area contributed by atoms with Gasteiger partial charge in [-0.25, -0.2) is 0 Å². The van der Waals surface area contributed by atoms with Crippen molar-refractivity contribution in [2.24, 2.45) is 0 Å². The molecule has 6 nitrogen and oxygen atoms in total. The van der Waals surface area contributed by atoms with E-state index in [1.807, 2.05) is 55.9 Å². The summed E-state index contributed by atoms with van der Waals surface area (Å²) < 4.78 is 14.1. The van der Waals surface area contributed by atoms with Gasteiger partial charge in [0.15, 0.2) is 5.76 Å². The number of aryl methyl sites for hydroxylation is 2. The highest BCUT2D eigenvalue weighted by molar-refractivity contribution is 9.10. The van der Waals surface area contributed by atoms with Gasteiger partial charge in [-0.15, -0.1) is 0 Å². The maximum absolute atomic E-state index is 12.5. The lowest BCUT2D eigenvalue weighted by Crippen LogP contribution is -2.26. The van der Waals surface area contributed by atoms with Gasteiger partial charge in [0.25, 0.3) is 5.91 Å². The molecule has 7 heteroatoms. The Labute approximate surface area is 166 Å². The lowest BCUT2D eigenvalue weighted by Gasteiger charge is -2.12. The Morgan fingerprint density at radius 1 is 1.30 bits per heavy atom. The van der Waals surface area contributed by atoms with Gasteiger partial charge in [-0.05, 0) is 57.2 Å². The first-order valence-corrected chi connectivity index (χ1v) is 9.57. The van der Waals surface area contributed by atoms with Crippen molar-refractivity contribution in [1.82, 2.24) is 15.1 Å². The molecule has 0 radical (unpaired) electrons. The van der Waals surface area contributed by atoms with E-state index in [1.54, 1.807) is 12.1 Å². The summed E-state index contributed by atoms with van der Waals surface area (Å²) in [6.45, 7) is 6.95. The van der Waals surface area contributed by atoms with Gasteiger partial charge in [0.1, 0.15) is 18.1 Å². The Hall–Kier alpha value is -2.54. The summed E-state index contributed by atoms with van der Waals surface area (Å²) >= 11 is 3.38. The molecule has 0 aliphatic rings. The molecule has 27 heavy (non-hydrogen) atoms. The molecule has 0 aliphatic carbocycles. The Bertz CT molecular complexity index is 915. The van der Waals surface area contributed by atoms with Crippen LogP contribution in [0.5, 0.6) is 5.75 Å². The van der Waals surface area contributed by atoms with Gasteiger partial charge in [0.05, 0.1) is 11.7 Å². The van der Waals surface area contributed by atoms with Crippen molar-refractivity contribution >= 4 is 21.8 Å². The van der Waals surface area contributed by atoms with Crippen molar-refractivity contribution in [2.75, 3.05) is 0 Å². The van der Waals surface area contributed by atoms with Crippen LogP contribution in [0.25, 0.3) is 0 Å². The van der Waals surface area contributed by atoms with Crippen molar-refractivity contribution in [3.8, 4) is 5.75 Å². The number of nitrogens with one attached hydrogen (secondary N) is 1. The zero-order valence-electron chi connectivity index (χ0n) is 15.5. The number of carbonyl (C=O) groups is 1. The summed E-state index contributed by atoms with van der Waals surface area (Å²) in [7, 11) is 0. The molecule has 0 spiro atoms. The average molecular weight is 432 g/mol. The lowest BCUT2D eigenvalue weighted by molar-refractivity contribution is 0.0907. The van der Waals surface area contributed by atoms with Crippen molar-refractivity contribution < 1.29 is 13.9 Å². The normalized spacial score (nSPS) is 12.0. The molecule has 1 atom stereocenters. The van der Waals surface area contributed by atoms with E-state index < -0.39 is 0 Å². The molecule has 2 heterocycles. The highest BCUT2D eigenvalue weighted by Crippen LogP contribution is 2.19. The van der Waals surface area contributed by atoms with E-state index in [-0.39, 0.29) is 24.3 Å². The minimum atomic E-state index is -0.263. The van der Waals surface area contributed by atoms with Crippen molar-refractivity contribution in [3.05, 3.63) is 69.8 Å². The van der Waals surface area contributed by atoms with Crippen molar-refractivity contribution in [3.63, 3.8) is 0 Å². The van der Waals surface area contributed by atoms with Crippen LogP contribution < -0.4 is 10.1 Å². The molecule has 3 aromatic rings. The molecule has 0 aliphatic heterocycles. The standard InChI is InChI=1S/C20H22BrN3O3/c1-4-24-11-18(14(3)23-24)13(2)22-20(25)19-10-9-17(27-19)12-26-16-7-5-15(21)6-8-16/h5-11,13H,4,12H2,1-3H3,(H,22,25). The molecule has 1 aromatic carbocycles. The van der Waals surface area contributed by atoms with Crippen LogP contribution in [-0.4, -0.2) is 15.7 Å². The van der Waals surface area contributed by atoms with E-state index in [0.717, 1.165) is 28.0 Å². The van der Waals surface area contributed by atoms with Crippen LogP contribution >= 0.6 is 15.9 Å². The molecule has 0 saturated carbocycles. The summed E-state index contributed by atoms with van der Waals surface area (Å²) in [5.41, 5.74) is 1.91. The van der Waals surface area contributed by atoms with Crippen LogP contribution in [0.15, 0.2) is 51.5 Å². The lowest BCUT2D eigenvalue weighted by atomic mass is 10.1. The van der Waals surface area contributed by atoms with Crippen molar-refractivity contribution in [1.29, 1.82) is 0 Å². The SMILES string of the molecule is CCn1cc(C(C)NC(=O)c2ccc(COc3ccc(Br)cc3)o2)c(C)n1. The predicted octanol–water partition coefficient (Wildman–Crippen LogP) is 4.64. The molecule has 3 rings (SSSR count). The number of rotatable bonds is 7. The molecule has 0 fully saturated rings. The Morgan fingerprint density at radius 3 is 2.70 bits per heavy atom. The smallest absolute Gasteiger partial charge is 0.287 e. The second kappa shape index (κ2) is 8.43. The summed E-state index contributed by atoms with van der Waals surface area (Å²) in [6, 6.07) is 10.8. The monoisotopic (exact) mass is 431 g/mol. The molecular formula is C20H22BrN3O3. The summed E-state index contributed by atoms with van der Waals surface area (Å²) in [5, 5.41) is 7.37. The van der Waals surface area contributed by atoms with E-state index in [4.69, 9.17) is 9.15 Å². The Morgan fingerprint density at radius 2 is 2.04 bits per heavy atom. The fraction of sp³-hybridized carbons (Fsp3) is 0.300. The fourth-order valence-corrected chi connectivity index (χ4v) is 2.99. The van der Waals surface area contributed by atoms with Gasteiger partial charge >= 0.3 is 0 Å². The molecular weight excluding hydrogens is 410 g/mol. The minimum absolute atomic E-state index is 0.162. The largest absolute Gasteiger partial charge is 0.486 e. The fourth-order valence-electron chi connectivity index (χ4n) is 2.73. The molecule has 0 saturated heterocycles. The quantitative estimate of drug-likeness (QED) is 0.591. The highest BCUT2D eigenvalue weighted by Gasteiger charge is 2.18. The van der Waals surface area contributed by atoms with E-state index in [0.29, 0.717) is 5.76 Å². The van der Waals surface area contributed by atoms with E-state index >= 15 is 0 Å². The minimum Gasteiger partial charge on any atom is -0.486 e. The van der Waals surface area contributed by atoms with Gasteiger partial charge in [-0.2, -0.15) is 5.10 Å². The number of hydrogen-bond acceptors (Lipinski definition) is 4. The number of aromatic nitrogens is 2.